The predicted molar refractivity (Wildman–Crippen MR) is 105 cm³/mol. The molecule has 2 N–H and O–H groups in total. The SMILES string of the molecule is CCNC(=NCCCCOCCOC)NCCN1CCCCC1CC. The smallest absolute Gasteiger partial charge is 0.191 e. The van der Waals surface area contributed by atoms with Crippen molar-refractivity contribution >= 4 is 5.96 Å². The molecule has 1 aliphatic rings. The maximum absolute atomic E-state index is 5.47. The topological polar surface area (TPSA) is 58.1 Å². The van der Waals surface area contributed by atoms with Gasteiger partial charge in [0.05, 0.1) is 13.2 Å². The minimum Gasteiger partial charge on any atom is -0.382 e. The lowest BCUT2D eigenvalue weighted by molar-refractivity contribution is 0.0690. The minimum absolute atomic E-state index is 0.669. The maximum atomic E-state index is 5.47. The molecule has 0 aromatic heterocycles. The molecule has 0 aromatic rings. The monoisotopic (exact) mass is 356 g/mol. The van der Waals surface area contributed by atoms with E-state index in [0.29, 0.717) is 13.2 Å². The van der Waals surface area contributed by atoms with E-state index in [4.69, 9.17) is 9.47 Å². The summed E-state index contributed by atoms with van der Waals surface area (Å²) in [5.74, 6) is 0.938. The molecule has 1 unspecified atom stereocenters. The number of nitrogens with zero attached hydrogens (tertiary/aromatic N) is 2. The molecule has 1 atom stereocenters. The van der Waals surface area contributed by atoms with Crippen molar-refractivity contribution in [3.63, 3.8) is 0 Å². The van der Waals surface area contributed by atoms with Crippen LogP contribution in [0, 0.1) is 0 Å². The molecular weight excluding hydrogens is 316 g/mol. The van der Waals surface area contributed by atoms with Crippen molar-refractivity contribution in [3.05, 3.63) is 0 Å². The zero-order valence-electron chi connectivity index (χ0n) is 16.7. The fraction of sp³-hybridized carbons (Fsp3) is 0.947. The second kappa shape index (κ2) is 15.4. The quantitative estimate of drug-likeness (QED) is 0.301. The first-order valence-corrected chi connectivity index (χ1v) is 10.1. The zero-order valence-corrected chi connectivity index (χ0v) is 16.7. The Balaban J connectivity index is 2.17. The van der Waals surface area contributed by atoms with Crippen LogP contribution < -0.4 is 10.6 Å². The number of unbranched alkanes of at least 4 members (excludes halogenated alkanes) is 1. The summed E-state index contributed by atoms with van der Waals surface area (Å²) < 4.78 is 10.4. The van der Waals surface area contributed by atoms with Crippen LogP contribution in [0.5, 0.6) is 0 Å². The first kappa shape index (κ1) is 22.2. The highest BCUT2D eigenvalue weighted by Crippen LogP contribution is 2.18. The molecule has 1 saturated heterocycles. The van der Waals surface area contributed by atoms with E-state index < -0.39 is 0 Å². The van der Waals surface area contributed by atoms with Gasteiger partial charge in [0.15, 0.2) is 5.96 Å². The van der Waals surface area contributed by atoms with E-state index in [2.05, 4.69) is 34.4 Å². The largest absolute Gasteiger partial charge is 0.382 e. The van der Waals surface area contributed by atoms with E-state index in [1.165, 1.54) is 32.2 Å². The molecule has 1 rings (SSSR count). The molecule has 1 aliphatic heterocycles. The zero-order chi connectivity index (χ0) is 18.2. The average Bonchev–Trinajstić information content (AvgIpc) is 2.64. The maximum Gasteiger partial charge on any atom is 0.191 e. The number of hydrogen-bond acceptors (Lipinski definition) is 4. The van der Waals surface area contributed by atoms with Crippen LogP contribution in [0.4, 0.5) is 0 Å². The van der Waals surface area contributed by atoms with Gasteiger partial charge in [0.25, 0.3) is 0 Å². The van der Waals surface area contributed by atoms with Gasteiger partial charge in [-0.25, -0.2) is 0 Å². The Hall–Kier alpha value is -0.850. The summed E-state index contributed by atoms with van der Waals surface area (Å²) in [6.07, 6.45) is 7.45. The summed E-state index contributed by atoms with van der Waals surface area (Å²) in [5.41, 5.74) is 0. The number of ether oxygens (including phenoxy) is 2. The van der Waals surface area contributed by atoms with Crippen LogP contribution in [-0.4, -0.2) is 76.6 Å². The fourth-order valence-corrected chi connectivity index (χ4v) is 3.23. The molecule has 148 valence electrons. The third kappa shape index (κ3) is 10.7. The normalized spacial score (nSPS) is 19.2. The van der Waals surface area contributed by atoms with Gasteiger partial charge in [-0.05, 0) is 45.6 Å². The van der Waals surface area contributed by atoms with Crippen LogP contribution in [0.15, 0.2) is 4.99 Å². The van der Waals surface area contributed by atoms with Gasteiger partial charge >= 0.3 is 0 Å². The highest BCUT2D eigenvalue weighted by atomic mass is 16.5. The van der Waals surface area contributed by atoms with Crippen LogP contribution >= 0.6 is 0 Å². The fourth-order valence-electron chi connectivity index (χ4n) is 3.23. The molecule has 0 aliphatic carbocycles. The number of nitrogens with one attached hydrogen (secondary N) is 2. The van der Waals surface area contributed by atoms with Crippen molar-refractivity contribution in [1.82, 2.24) is 15.5 Å². The number of guanidine groups is 1. The molecule has 0 aromatic carbocycles. The first-order chi connectivity index (χ1) is 12.3. The number of hydrogen-bond donors (Lipinski definition) is 2. The Labute approximate surface area is 154 Å². The summed E-state index contributed by atoms with van der Waals surface area (Å²) in [4.78, 5) is 7.30. The lowest BCUT2D eigenvalue weighted by Gasteiger charge is -2.35. The Morgan fingerprint density at radius 1 is 1.12 bits per heavy atom. The molecular formula is C19H40N4O2. The molecule has 0 spiro atoms. The van der Waals surface area contributed by atoms with Crippen LogP contribution in [0.3, 0.4) is 0 Å². The van der Waals surface area contributed by atoms with Crippen molar-refractivity contribution in [3.8, 4) is 0 Å². The van der Waals surface area contributed by atoms with E-state index in [-0.39, 0.29) is 0 Å². The van der Waals surface area contributed by atoms with Gasteiger partial charge in [0, 0.05) is 45.9 Å². The molecule has 0 radical (unpaired) electrons. The number of likely N-dealkylation sites (tertiary alicyclic amines) is 1. The van der Waals surface area contributed by atoms with E-state index in [1.54, 1.807) is 7.11 Å². The standard InChI is InChI=1S/C19H40N4O2/c1-4-18-10-6-8-13-23(18)14-12-22-19(20-5-2)21-11-7-9-15-25-17-16-24-3/h18H,4-17H2,1-3H3,(H2,20,21,22). The molecule has 6 heteroatoms. The second-order valence-corrected chi connectivity index (χ2v) is 6.59. The van der Waals surface area contributed by atoms with Crippen LogP contribution in [0.1, 0.15) is 52.4 Å². The first-order valence-electron chi connectivity index (χ1n) is 10.1. The molecule has 6 nitrogen and oxygen atoms in total. The Bertz CT molecular complexity index is 339. The van der Waals surface area contributed by atoms with E-state index in [9.17, 15) is 0 Å². The van der Waals surface area contributed by atoms with E-state index in [1.807, 2.05) is 0 Å². The van der Waals surface area contributed by atoms with Gasteiger partial charge in [0.2, 0.25) is 0 Å². The number of aliphatic imine (C=N–C) groups is 1. The van der Waals surface area contributed by atoms with E-state index in [0.717, 1.165) is 57.6 Å². The molecule has 0 amide bonds. The van der Waals surface area contributed by atoms with Gasteiger partial charge in [0.1, 0.15) is 0 Å². The lowest BCUT2D eigenvalue weighted by Crippen LogP contribution is -2.46. The van der Waals surface area contributed by atoms with Gasteiger partial charge in [-0.2, -0.15) is 0 Å². The second-order valence-electron chi connectivity index (χ2n) is 6.59. The van der Waals surface area contributed by atoms with Crippen LogP contribution in [0.2, 0.25) is 0 Å². The third-order valence-electron chi connectivity index (χ3n) is 4.65. The Morgan fingerprint density at radius 3 is 2.76 bits per heavy atom. The predicted octanol–water partition coefficient (Wildman–Crippen LogP) is 2.25. The van der Waals surface area contributed by atoms with Crippen molar-refractivity contribution in [1.29, 1.82) is 0 Å². The van der Waals surface area contributed by atoms with Crippen LogP contribution in [-0.2, 0) is 9.47 Å². The van der Waals surface area contributed by atoms with Gasteiger partial charge in [-0.15, -0.1) is 0 Å². The molecule has 0 saturated carbocycles. The molecule has 25 heavy (non-hydrogen) atoms. The Kier molecular flexibility index (Phi) is 13.7. The van der Waals surface area contributed by atoms with Crippen LogP contribution in [0.25, 0.3) is 0 Å². The summed E-state index contributed by atoms with van der Waals surface area (Å²) in [6, 6.07) is 0.771. The molecule has 1 heterocycles. The highest BCUT2D eigenvalue weighted by molar-refractivity contribution is 5.79. The number of methoxy groups -OCH3 is 1. The van der Waals surface area contributed by atoms with Crippen molar-refractivity contribution in [2.75, 3.05) is 59.7 Å². The van der Waals surface area contributed by atoms with E-state index >= 15 is 0 Å². The van der Waals surface area contributed by atoms with Gasteiger partial charge < -0.3 is 20.1 Å². The average molecular weight is 357 g/mol. The number of rotatable bonds is 13. The minimum atomic E-state index is 0.669. The van der Waals surface area contributed by atoms with Crippen molar-refractivity contribution < 1.29 is 9.47 Å². The third-order valence-corrected chi connectivity index (χ3v) is 4.65. The molecule has 1 fully saturated rings. The summed E-state index contributed by atoms with van der Waals surface area (Å²) in [5, 5.41) is 6.82. The molecule has 0 bridgehead atoms. The van der Waals surface area contributed by atoms with Gasteiger partial charge in [-0.3, -0.25) is 9.89 Å². The highest BCUT2D eigenvalue weighted by Gasteiger charge is 2.19. The summed E-state index contributed by atoms with van der Waals surface area (Å²) in [7, 11) is 1.70. The van der Waals surface area contributed by atoms with Gasteiger partial charge in [-0.1, -0.05) is 13.3 Å². The summed E-state index contributed by atoms with van der Waals surface area (Å²) in [6.45, 7) is 11.6. The number of piperidine rings is 1. The van der Waals surface area contributed by atoms with Crippen molar-refractivity contribution in [2.45, 2.75) is 58.4 Å². The Morgan fingerprint density at radius 2 is 2.00 bits per heavy atom. The van der Waals surface area contributed by atoms with Crippen molar-refractivity contribution in [2.24, 2.45) is 4.99 Å². The lowest BCUT2D eigenvalue weighted by atomic mass is 10.0. The summed E-state index contributed by atoms with van der Waals surface area (Å²) >= 11 is 0.